The molecule has 0 aliphatic carbocycles. The molecule has 16 heavy (non-hydrogen) atoms. The van der Waals surface area contributed by atoms with Gasteiger partial charge in [-0.05, 0) is 19.6 Å². The highest BCUT2D eigenvalue weighted by Crippen LogP contribution is 2.27. The number of hydrogen-bond acceptors (Lipinski definition) is 4. The van der Waals surface area contributed by atoms with Crippen molar-refractivity contribution in [3.05, 3.63) is 5.69 Å². The quantitative estimate of drug-likeness (QED) is 0.854. The zero-order valence-electron chi connectivity index (χ0n) is 10.8. The van der Waals surface area contributed by atoms with Crippen LogP contribution in [0.2, 0.25) is 0 Å². The van der Waals surface area contributed by atoms with Crippen molar-refractivity contribution in [2.75, 3.05) is 29.7 Å². The molecule has 1 heterocycles. The van der Waals surface area contributed by atoms with Gasteiger partial charge in [0.15, 0.2) is 0 Å². The van der Waals surface area contributed by atoms with E-state index in [0.717, 1.165) is 29.4 Å². The number of hydrogen-bond donors (Lipinski definition) is 1. The van der Waals surface area contributed by atoms with Crippen LogP contribution in [0.25, 0.3) is 0 Å². The Morgan fingerprint density at radius 1 is 1.56 bits per heavy atom. The van der Waals surface area contributed by atoms with E-state index in [0.29, 0.717) is 6.04 Å². The summed E-state index contributed by atoms with van der Waals surface area (Å²) in [5.74, 6) is 2.11. The van der Waals surface area contributed by atoms with Crippen LogP contribution in [0.4, 0.5) is 11.5 Å². The van der Waals surface area contributed by atoms with E-state index in [4.69, 9.17) is 5.73 Å². The van der Waals surface area contributed by atoms with E-state index in [2.05, 4.69) is 37.1 Å². The Morgan fingerprint density at radius 3 is 2.62 bits per heavy atom. The molecular formula is C11H22N4S. The third-order valence-corrected chi connectivity index (χ3v) is 3.68. The smallest absolute Gasteiger partial charge is 0.150 e. The topological polar surface area (TPSA) is 47.1 Å². The van der Waals surface area contributed by atoms with Crippen molar-refractivity contribution >= 4 is 23.3 Å². The van der Waals surface area contributed by atoms with Crippen LogP contribution in [0.1, 0.15) is 19.5 Å². The number of aryl methyl sites for hydroxylation is 2. The molecule has 1 atom stereocenters. The first-order valence-electron chi connectivity index (χ1n) is 5.56. The maximum atomic E-state index is 6.12. The molecule has 0 bridgehead atoms. The van der Waals surface area contributed by atoms with Gasteiger partial charge < -0.3 is 10.6 Å². The predicted molar refractivity (Wildman–Crippen MR) is 73.2 cm³/mol. The van der Waals surface area contributed by atoms with Crippen molar-refractivity contribution in [3.63, 3.8) is 0 Å². The molecule has 0 amide bonds. The van der Waals surface area contributed by atoms with Crippen LogP contribution in [-0.4, -0.2) is 34.9 Å². The highest BCUT2D eigenvalue weighted by molar-refractivity contribution is 7.98. The van der Waals surface area contributed by atoms with Gasteiger partial charge in [0.2, 0.25) is 0 Å². The summed E-state index contributed by atoms with van der Waals surface area (Å²) in [6.07, 6.45) is 3.00. The minimum Gasteiger partial charge on any atom is -0.394 e. The highest BCUT2D eigenvalue weighted by Gasteiger charge is 2.19. The second-order valence-corrected chi connectivity index (χ2v) is 4.99. The highest BCUT2D eigenvalue weighted by atomic mass is 32.2. The van der Waals surface area contributed by atoms with E-state index in [1.807, 2.05) is 23.5 Å². The van der Waals surface area contributed by atoms with Gasteiger partial charge in [-0.25, -0.2) is 0 Å². The molecule has 0 saturated heterocycles. The molecule has 1 unspecified atom stereocenters. The second kappa shape index (κ2) is 5.48. The Labute approximate surface area is 102 Å². The number of anilines is 2. The minimum absolute atomic E-state index is 0.456. The molecule has 1 aromatic rings. The summed E-state index contributed by atoms with van der Waals surface area (Å²) in [7, 11) is 4.03. The summed E-state index contributed by atoms with van der Waals surface area (Å²) < 4.78 is 1.88. The third kappa shape index (κ3) is 2.45. The molecule has 0 aliphatic heterocycles. The molecule has 4 nitrogen and oxygen atoms in total. The first kappa shape index (κ1) is 13.2. The Kier molecular flexibility index (Phi) is 4.53. The summed E-state index contributed by atoms with van der Waals surface area (Å²) in [6, 6.07) is 0.456. The molecule has 1 aromatic heterocycles. The Morgan fingerprint density at radius 2 is 2.19 bits per heavy atom. The van der Waals surface area contributed by atoms with Crippen molar-refractivity contribution in [1.82, 2.24) is 9.78 Å². The molecule has 2 N–H and O–H groups in total. The monoisotopic (exact) mass is 242 g/mol. The van der Waals surface area contributed by atoms with Crippen molar-refractivity contribution in [2.45, 2.75) is 26.3 Å². The maximum Gasteiger partial charge on any atom is 0.150 e. The molecule has 0 spiro atoms. The fourth-order valence-electron chi connectivity index (χ4n) is 1.83. The van der Waals surface area contributed by atoms with E-state index in [1.54, 1.807) is 0 Å². The van der Waals surface area contributed by atoms with Gasteiger partial charge >= 0.3 is 0 Å². The van der Waals surface area contributed by atoms with Crippen molar-refractivity contribution in [1.29, 1.82) is 0 Å². The molecule has 0 saturated carbocycles. The predicted octanol–water partition coefficient (Wildman–Crippen LogP) is 1.75. The lowest BCUT2D eigenvalue weighted by atomic mass is 10.2. The lowest BCUT2D eigenvalue weighted by Gasteiger charge is -2.26. The Balaban J connectivity index is 2.98. The normalized spacial score (nSPS) is 12.8. The largest absolute Gasteiger partial charge is 0.394 e. The van der Waals surface area contributed by atoms with Crippen LogP contribution >= 0.6 is 11.8 Å². The molecular weight excluding hydrogens is 220 g/mol. The van der Waals surface area contributed by atoms with Crippen molar-refractivity contribution in [3.8, 4) is 0 Å². The number of rotatable bonds is 5. The molecule has 0 aromatic carbocycles. The minimum atomic E-state index is 0.456. The summed E-state index contributed by atoms with van der Waals surface area (Å²) in [5.41, 5.74) is 7.92. The summed E-state index contributed by atoms with van der Waals surface area (Å²) in [4.78, 5) is 2.21. The molecule has 92 valence electrons. The fraction of sp³-hybridized carbons (Fsp3) is 0.727. The van der Waals surface area contributed by atoms with Crippen LogP contribution in [0, 0.1) is 0 Å². The van der Waals surface area contributed by atoms with Gasteiger partial charge in [-0.15, -0.1) is 0 Å². The SMILES string of the molecule is CCc1nn(C)c(N(C)C(C)CSC)c1N. The average molecular weight is 242 g/mol. The lowest BCUT2D eigenvalue weighted by molar-refractivity contribution is 0.684. The number of nitrogen functional groups attached to an aromatic ring is 1. The van der Waals surface area contributed by atoms with Crippen LogP contribution < -0.4 is 10.6 Å². The summed E-state index contributed by atoms with van der Waals surface area (Å²) >= 11 is 1.84. The van der Waals surface area contributed by atoms with Crippen LogP contribution in [0.3, 0.4) is 0 Å². The van der Waals surface area contributed by atoms with E-state index < -0.39 is 0 Å². The average Bonchev–Trinajstić information content (AvgIpc) is 2.53. The lowest BCUT2D eigenvalue weighted by Crippen LogP contribution is -2.32. The Bertz CT molecular complexity index is 348. The van der Waals surface area contributed by atoms with Gasteiger partial charge in [-0.2, -0.15) is 16.9 Å². The summed E-state index contributed by atoms with van der Waals surface area (Å²) in [5, 5.41) is 4.44. The zero-order chi connectivity index (χ0) is 12.3. The number of thioether (sulfide) groups is 1. The number of aromatic nitrogens is 2. The van der Waals surface area contributed by atoms with Gasteiger partial charge in [0.05, 0.1) is 11.4 Å². The Hall–Kier alpha value is -0.840. The standard InChI is InChI=1S/C11H22N4S/c1-6-9-10(12)11(15(4)13-9)14(3)8(2)7-16-5/h8H,6-7,12H2,1-5H3. The van der Waals surface area contributed by atoms with Crippen molar-refractivity contribution < 1.29 is 0 Å². The first-order chi connectivity index (χ1) is 7.52. The second-order valence-electron chi connectivity index (χ2n) is 4.08. The first-order valence-corrected chi connectivity index (χ1v) is 6.95. The van der Waals surface area contributed by atoms with Gasteiger partial charge in [0, 0.05) is 25.9 Å². The molecule has 0 radical (unpaired) electrons. The van der Waals surface area contributed by atoms with E-state index in [-0.39, 0.29) is 0 Å². The molecule has 5 heteroatoms. The van der Waals surface area contributed by atoms with E-state index >= 15 is 0 Å². The molecule has 1 rings (SSSR count). The maximum absolute atomic E-state index is 6.12. The van der Waals surface area contributed by atoms with Crippen molar-refractivity contribution in [2.24, 2.45) is 7.05 Å². The number of nitrogens with two attached hydrogens (primary N) is 1. The van der Waals surface area contributed by atoms with Crippen LogP contribution in [-0.2, 0) is 13.5 Å². The molecule has 0 fully saturated rings. The third-order valence-electron chi connectivity index (χ3n) is 2.87. The van der Waals surface area contributed by atoms with Crippen LogP contribution in [0.5, 0.6) is 0 Å². The van der Waals surface area contributed by atoms with E-state index in [9.17, 15) is 0 Å². The zero-order valence-corrected chi connectivity index (χ0v) is 11.6. The van der Waals surface area contributed by atoms with Crippen LogP contribution in [0.15, 0.2) is 0 Å². The molecule has 0 aliphatic rings. The summed E-state index contributed by atoms with van der Waals surface area (Å²) in [6.45, 7) is 4.28. The van der Waals surface area contributed by atoms with Gasteiger partial charge in [0.1, 0.15) is 5.82 Å². The fourth-order valence-corrected chi connectivity index (χ4v) is 2.53. The van der Waals surface area contributed by atoms with Gasteiger partial charge in [0.25, 0.3) is 0 Å². The number of nitrogens with zero attached hydrogens (tertiary/aromatic N) is 3. The van der Waals surface area contributed by atoms with Gasteiger partial charge in [-0.3, -0.25) is 4.68 Å². The van der Waals surface area contributed by atoms with E-state index in [1.165, 1.54) is 0 Å². The van der Waals surface area contributed by atoms with Gasteiger partial charge in [-0.1, -0.05) is 6.92 Å².